The third kappa shape index (κ3) is 3.96. The van der Waals surface area contributed by atoms with Crippen LogP contribution in [0.15, 0.2) is 58.6 Å². The minimum absolute atomic E-state index is 0.0176. The summed E-state index contributed by atoms with van der Waals surface area (Å²) in [7, 11) is 1.56. The van der Waals surface area contributed by atoms with Crippen molar-refractivity contribution in [2.45, 2.75) is 0 Å². The zero-order valence-corrected chi connectivity index (χ0v) is 13.4. The smallest absolute Gasteiger partial charge is 0.266 e. The van der Waals surface area contributed by atoms with Crippen molar-refractivity contribution in [3.8, 4) is 11.8 Å². The first kappa shape index (κ1) is 15.8. The molecule has 0 bridgehead atoms. The van der Waals surface area contributed by atoms with E-state index in [2.05, 4.69) is 21.2 Å². The van der Waals surface area contributed by atoms with Gasteiger partial charge in [0.1, 0.15) is 17.4 Å². The number of rotatable bonds is 4. The summed E-state index contributed by atoms with van der Waals surface area (Å²) < 4.78 is 5.87. The molecule has 2 aromatic rings. The molecule has 5 heteroatoms. The number of para-hydroxylation sites is 1. The van der Waals surface area contributed by atoms with Gasteiger partial charge in [0, 0.05) is 4.47 Å². The molecule has 0 radical (unpaired) electrons. The van der Waals surface area contributed by atoms with Crippen LogP contribution in [0.4, 0.5) is 5.69 Å². The molecule has 0 spiro atoms. The fraction of sp³-hybridized carbons (Fsp3) is 0.0588. The highest BCUT2D eigenvalue weighted by molar-refractivity contribution is 9.10. The number of nitriles is 1. The maximum absolute atomic E-state index is 12.2. The van der Waals surface area contributed by atoms with Gasteiger partial charge in [-0.3, -0.25) is 4.79 Å². The average molecular weight is 357 g/mol. The molecule has 0 aliphatic carbocycles. The second-order valence-electron chi connectivity index (χ2n) is 4.38. The van der Waals surface area contributed by atoms with Gasteiger partial charge in [0.25, 0.3) is 5.91 Å². The molecule has 0 heterocycles. The number of carbonyl (C=O) groups excluding carboxylic acids is 1. The summed E-state index contributed by atoms with van der Waals surface area (Å²) in [6, 6.07) is 16.3. The van der Waals surface area contributed by atoms with Crippen LogP contribution in [0.3, 0.4) is 0 Å². The number of ether oxygens (including phenoxy) is 1. The molecule has 0 fully saturated rings. The lowest BCUT2D eigenvalue weighted by atomic mass is 10.1. The number of benzene rings is 2. The van der Waals surface area contributed by atoms with E-state index in [9.17, 15) is 10.1 Å². The van der Waals surface area contributed by atoms with E-state index in [0.29, 0.717) is 11.4 Å². The van der Waals surface area contributed by atoms with Crippen LogP contribution in [0.2, 0.25) is 0 Å². The molecular weight excluding hydrogens is 344 g/mol. The van der Waals surface area contributed by atoms with E-state index >= 15 is 0 Å². The second kappa shape index (κ2) is 7.43. The third-order valence-corrected chi connectivity index (χ3v) is 3.58. The molecule has 0 aromatic heterocycles. The Kier molecular flexibility index (Phi) is 5.34. The molecule has 2 aromatic carbocycles. The van der Waals surface area contributed by atoms with Crippen molar-refractivity contribution in [1.82, 2.24) is 0 Å². The average Bonchev–Trinajstić information content (AvgIpc) is 2.54. The lowest BCUT2D eigenvalue weighted by molar-refractivity contribution is -0.112. The number of hydrogen-bond acceptors (Lipinski definition) is 3. The number of halogens is 1. The quantitative estimate of drug-likeness (QED) is 0.665. The molecule has 1 N–H and O–H groups in total. The third-order valence-electron chi connectivity index (χ3n) is 2.89. The van der Waals surface area contributed by atoms with Crippen LogP contribution in [0.25, 0.3) is 6.08 Å². The summed E-state index contributed by atoms with van der Waals surface area (Å²) in [5, 5.41) is 11.9. The Hall–Kier alpha value is -2.58. The van der Waals surface area contributed by atoms with Gasteiger partial charge in [-0.05, 0) is 51.8 Å². The van der Waals surface area contributed by atoms with Crippen molar-refractivity contribution in [3.05, 3.63) is 64.1 Å². The predicted molar refractivity (Wildman–Crippen MR) is 89.4 cm³/mol. The monoisotopic (exact) mass is 356 g/mol. The summed E-state index contributed by atoms with van der Waals surface area (Å²) in [5.41, 5.74) is 1.35. The Morgan fingerprint density at radius 1 is 1.27 bits per heavy atom. The number of methoxy groups -OCH3 is 1. The molecule has 110 valence electrons. The number of hydrogen-bond donors (Lipinski definition) is 1. The number of carbonyl (C=O) groups is 1. The van der Waals surface area contributed by atoms with Crippen LogP contribution >= 0.6 is 15.9 Å². The van der Waals surface area contributed by atoms with Crippen LogP contribution in [0, 0.1) is 11.3 Å². The molecule has 0 saturated heterocycles. The molecule has 2 rings (SSSR count). The summed E-state index contributed by atoms with van der Waals surface area (Å²) >= 11 is 3.35. The zero-order chi connectivity index (χ0) is 15.9. The Labute approximate surface area is 137 Å². The largest absolute Gasteiger partial charge is 0.497 e. The first-order chi connectivity index (χ1) is 10.6. The van der Waals surface area contributed by atoms with Crippen molar-refractivity contribution in [1.29, 1.82) is 5.26 Å². The normalized spacial score (nSPS) is 10.7. The minimum atomic E-state index is -0.461. The van der Waals surface area contributed by atoms with Crippen LogP contribution in [-0.2, 0) is 4.79 Å². The second-order valence-corrected chi connectivity index (χ2v) is 5.23. The molecule has 0 atom stereocenters. The van der Waals surface area contributed by atoms with Gasteiger partial charge in [0.2, 0.25) is 0 Å². The number of anilines is 1. The standard InChI is InChI=1S/C17H13BrN2O2/c1-22-14-6-4-5-12(10-14)9-13(11-19)17(21)20-16-8-3-2-7-15(16)18/h2-10H,1H3,(H,20,21)/b13-9-. The van der Waals surface area contributed by atoms with Gasteiger partial charge in [0.15, 0.2) is 0 Å². The number of amides is 1. The maximum Gasteiger partial charge on any atom is 0.266 e. The first-order valence-corrected chi connectivity index (χ1v) is 7.25. The van der Waals surface area contributed by atoms with Gasteiger partial charge in [-0.1, -0.05) is 24.3 Å². The Bertz CT molecular complexity index is 763. The molecule has 0 aliphatic heterocycles. The van der Waals surface area contributed by atoms with E-state index in [1.807, 2.05) is 18.2 Å². The number of nitrogens with one attached hydrogen (secondary N) is 1. The molecule has 4 nitrogen and oxygen atoms in total. The van der Waals surface area contributed by atoms with Gasteiger partial charge in [-0.25, -0.2) is 0 Å². The molecule has 1 amide bonds. The van der Waals surface area contributed by atoms with E-state index in [4.69, 9.17) is 4.74 Å². The fourth-order valence-corrected chi connectivity index (χ4v) is 2.18. The Balaban J connectivity index is 2.24. The Morgan fingerprint density at radius 3 is 2.73 bits per heavy atom. The van der Waals surface area contributed by atoms with Gasteiger partial charge >= 0.3 is 0 Å². The predicted octanol–water partition coefficient (Wildman–Crippen LogP) is 4.00. The van der Waals surface area contributed by atoms with Crippen molar-refractivity contribution in [2.24, 2.45) is 0 Å². The SMILES string of the molecule is COc1cccc(/C=C(/C#N)C(=O)Nc2ccccc2Br)c1. The minimum Gasteiger partial charge on any atom is -0.497 e. The summed E-state index contributed by atoms with van der Waals surface area (Å²) in [4.78, 5) is 12.2. The summed E-state index contributed by atoms with van der Waals surface area (Å²) in [6.45, 7) is 0. The van der Waals surface area contributed by atoms with Crippen molar-refractivity contribution >= 4 is 33.6 Å². The van der Waals surface area contributed by atoms with E-state index in [1.165, 1.54) is 6.08 Å². The van der Waals surface area contributed by atoms with Gasteiger partial charge in [0.05, 0.1) is 12.8 Å². The Morgan fingerprint density at radius 2 is 2.05 bits per heavy atom. The van der Waals surface area contributed by atoms with Crippen LogP contribution in [0.1, 0.15) is 5.56 Å². The van der Waals surface area contributed by atoms with Crippen molar-refractivity contribution < 1.29 is 9.53 Å². The van der Waals surface area contributed by atoms with Gasteiger partial charge in [-0.15, -0.1) is 0 Å². The highest BCUT2D eigenvalue weighted by atomic mass is 79.9. The fourth-order valence-electron chi connectivity index (χ4n) is 1.80. The lowest BCUT2D eigenvalue weighted by Crippen LogP contribution is -2.13. The van der Waals surface area contributed by atoms with Gasteiger partial charge < -0.3 is 10.1 Å². The molecule has 0 unspecified atom stereocenters. The summed E-state index contributed by atoms with van der Waals surface area (Å²) in [6.07, 6.45) is 1.52. The summed E-state index contributed by atoms with van der Waals surface area (Å²) in [5.74, 6) is 0.203. The van der Waals surface area contributed by atoms with E-state index in [0.717, 1.165) is 10.0 Å². The number of nitrogens with zero attached hydrogens (tertiary/aromatic N) is 1. The zero-order valence-electron chi connectivity index (χ0n) is 11.8. The molecule has 22 heavy (non-hydrogen) atoms. The van der Waals surface area contributed by atoms with Crippen LogP contribution in [-0.4, -0.2) is 13.0 Å². The lowest BCUT2D eigenvalue weighted by Gasteiger charge is -2.06. The highest BCUT2D eigenvalue weighted by Crippen LogP contribution is 2.22. The first-order valence-electron chi connectivity index (χ1n) is 6.46. The van der Waals surface area contributed by atoms with Crippen LogP contribution < -0.4 is 10.1 Å². The maximum atomic E-state index is 12.2. The van der Waals surface area contributed by atoms with Crippen molar-refractivity contribution in [2.75, 3.05) is 12.4 Å². The highest BCUT2D eigenvalue weighted by Gasteiger charge is 2.11. The van der Waals surface area contributed by atoms with E-state index in [1.54, 1.807) is 43.5 Å². The molecule has 0 aliphatic rings. The molecule has 0 saturated carbocycles. The van der Waals surface area contributed by atoms with Crippen molar-refractivity contribution in [3.63, 3.8) is 0 Å². The van der Waals surface area contributed by atoms with E-state index in [-0.39, 0.29) is 5.57 Å². The topological polar surface area (TPSA) is 62.1 Å². The van der Waals surface area contributed by atoms with Gasteiger partial charge in [-0.2, -0.15) is 5.26 Å². The molecular formula is C17H13BrN2O2. The van der Waals surface area contributed by atoms with Crippen LogP contribution in [0.5, 0.6) is 5.75 Å². The van der Waals surface area contributed by atoms with E-state index < -0.39 is 5.91 Å².